The molecular formula is C23H17ClF3NO3. The first-order valence-electron chi connectivity index (χ1n) is 9.72. The van der Waals surface area contributed by atoms with E-state index in [-0.39, 0.29) is 11.7 Å². The molecule has 1 aliphatic carbocycles. The average molecular weight is 448 g/mol. The van der Waals surface area contributed by atoms with E-state index < -0.39 is 17.6 Å². The van der Waals surface area contributed by atoms with Gasteiger partial charge in [-0.05, 0) is 36.1 Å². The fourth-order valence-corrected chi connectivity index (χ4v) is 5.10. The normalized spacial score (nSPS) is 26.8. The lowest BCUT2D eigenvalue weighted by molar-refractivity contribution is -0.274. The van der Waals surface area contributed by atoms with Crippen LogP contribution in [0, 0.1) is 0 Å². The van der Waals surface area contributed by atoms with E-state index in [2.05, 4.69) is 9.72 Å². The van der Waals surface area contributed by atoms with Crippen LogP contribution in [0.1, 0.15) is 35.6 Å². The van der Waals surface area contributed by atoms with E-state index in [1.54, 1.807) is 6.07 Å². The van der Waals surface area contributed by atoms with Crippen LogP contribution in [0.3, 0.4) is 0 Å². The molecule has 5 rings (SSSR count). The molecule has 0 bridgehead atoms. The highest BCUT2D eigenvalue weighted by Crippen LogP contribution is 2.66. The molecule has 8 heteroatoms. The number of alkyl halides is 3. The lowest BCUT2D eigenvalue weighted by Crippen LogP contribution is -2.48. The van der Waals surface area contributed by atoms with Crippen molar-refractivity contribution in [3.05, 3.63) is 88.7 Å². The van der Waals surface area contributed by atoms with Crippen molar-refractivity contribution in [1.29, 1.82) is 0 Å². The topological polar surface area (TPSA) is 51.6 Å². The molecule has 3 atom stereocenters. The Morgan fingerprint density at radius 3 is 2.48 bits per heavy atom. The van der Waals surface area contributed by atoms with Gasteiger partial charge in [-0.1, -0.05) is 54.1 Å². The standard InChI is InChI=1S/C23H17ClF3NO3/c24-16-12-19-20(28-13-16)21(29)11-10-18(14-4-2-1-3-5-14)22(21,31-19)15-6-8-17(9-7-15)30-23(25,26)27/h1-9,12-13,18,29H,10-11H2. The maximum Gasteiger partial charge on any atom is 0.573 e. The SMILES string of the molecule is OC12CCC(c3ccccc3)C1(c1ccc(OC(F)(F)F)cc1)Oc1cc(Cl)cnc12. The van der Waals surface area contributed by atoms with Crippen molar-refractivity contribution < 1.29 is 27.8 Å². The first-order chi connectivity index (χ1) is 14.7. The second kappa shape index (κ2) is 6.87. The van der Waals surface area contributed by atoms with E-state index >= 15 is 0 Å². The molecule has 4 nitrogen and oxygen atoms in total. The monoisotopic (exact) mass is 447 g/mol. The Kier molecular flexibility index (Phi) is 4.46. The minimum absolute atomic E-state index is 0.263. The highest BCUT2D eigenvalue weighted by Gasteiger charge is 2.69. The maximum atomic E-state index is 12.6. The third kappa shape index (κ3) is 3.06. The van der Waals surface area contributed by atoms with Gasteiger partial charge >= 0.3 is 6.36 Å². The third-order valence-electron chi connectivity index (χ3n) is 6.10. The zero-order valence-electron chi connectivity index (χ0n) is 16.1. The number of halogens is 4. The van der Waals surface area contributed by atoms with E-state index in [9.17, 15) is 18.3 Å². The Hall–Kier alpha value is -2.77. The van der Waals surface area contributed by atoms with Crippen LogP contribution >= 0.6 is 11.6 Å². The Balaban J connectivity index is 1.67. The molecule has 2 aliphatic rings. The first kappa shape index (κ1) is 20.2. The smallest absolute Gasteiger partial charge is 0.476 e. The van der Waals surface area contributed by atoms with Gasteiger partial charge in [-0.3, -0.25) is 4.98 Å². The molecule has 0 spiro atoms. The van der Waals surface area contributed by atoms with Crippen molar-refractivity contribution in [3.63, 3.8) is 0 Å². The summed E-state index contributed by atoms with van der Waals surface area (Å²) in [6.45, 7) is 0. The summed E-state index contributed by atoms with van der Waals surface area (Å²) in [6.07, 6.45) is -2.37. The van der Waals surface area contributed by atoms with Gasteiger partial charge < -0.3 is 14.6 Å². The van der Waals surface area contributed by atoms with Gasteiger partial charge in [-0.15, -0.1) is 13.2 Å². The minimum atomic E-state index is -4.79. The van der Waals surface area contributed by atoms with Crippen LogP contribution in [0.4, 0.5) is 13.2 Å². The predicted molar refractivity (Wildman–Crippen MR) is 107 cm³/mol. The van der Waals surface area contributed by atoms with Crippen LogP contribution < -0.4 is 9.47 Å². The first-order valence-corrected chi connectivity index (χ1v) is 10.1. The van der Waals surface area contributed by atoms with Gasteiger partial charge in [0.15, 0.2) is 11.2 Å². The van der Waals surface area contributed by atoms with Gasteiger partial charge in [0.05, 0.1) is 5.02 Å². The molecule has 0 saturated heterocycles. The van der Waals surface area contributed by atoms with E-state index in [1.807, 2.05) is 30.3 Å². The zero-order chi connectivity index (χ0) is 21.9. The number of pyridine rings is 1. The van der Waals surface area contributed by atoms with Crippen LogP contribution in [-0.4, -0.2) is 16.5 Å². The number of benzene rings is 2. The molecule has 3 unspecified atom stereocenters. The number of ether oxygens (including phenoxy) is 2. The number of hydrogen-bond donors (Lipinski definition) is 1. The fraction of sp³-hybridized carbons (Fsp3) is 0.261. The van der Waals surface area contributed by atoms with Crippen molar-refractivity contribution in [3.8, 4) is 11.5 Å². The fourth-order valence-electron chi connectivity index (χ4n) is 4.95. The molecule has 3 aromatic rings. The maximum absolute atomic E-state index is 12.6. The Morgan fingerprint density at radius 2 is 1.81 bits per heavy atom. The highest BCUT2D eigenvalue weighted by atomic mass is 35.5. The summed E-state index contributed by atoms with van der Waals surface area (Å²) < 4.78 is 48.3. The lowest BCUT2D eigenvalue weighted by Gasteiger charge is -2.39. The molecule has 2 heterocycles. The summed E-state index contributed by atoms with van der Waals surface area (Å²) >= 11 is 6.11. The largest absolute Gasteiger partial charge is 0.573 e. The zero-order valence-corrected chi connectivity index (χ0v) is 16.8. The number of rotatable bonds is 3. The molecule has 31 heavy (non-hydrogen) atoms. The van der Waals surface area contributed by atoms with Gasteiger partial charge in [0.2, 0.25) is 0 Å². The Labute approximate surface area is 181 Å². The van der Waals surface area contributed by atoms with Gasteiger partial charge in [-0.2, -0.15) is 0 Å². The number of aromatic nitrogens is 1. The molecule has 1 N–H and O–H groups in total. The quantitative estimate of drug-likeness (QED) is 0.560. The molecule has 1 fully saturated rings. The van der Waals surface area contributed by atoms with E-state index in [0.29, 0.717) is 34.9 Å². The third-order valence-corrected chi connectivity index (χ3v) is 6.31. The van der Waals surface area contributed by atoms with Gasteiger partial charge in [0.1, 0.15) is 17.2 Å². The molecule has 1 aliphatic heterocycles. The molecule has 1 aromatic heterocycles. The lowest BCUT2D eigenvalue weighted by atomic mass is 9.73. The van der Waals surface area contributed by atoms with Gasteiger partial charge in [0.25, 0.3) is 0 Å². The summed E-state index contributed by atoms with van der Waals surface area (Å²) in [7, 11) is 0. The summed E-state index contributed by atoms with van der Waals surface area (Å²) in [4.78, 5) is 4.36. The van der Waals surface area contributed by atoms with Crippen LogP contribution in [0.5, 0.6) is 11.5 Å². The van der Waals surface area contributed by atoms with Gasteiger partial charge in [0, 0.05) is 18.2 Å². The highest BCUT2D eigenvalue weighted by molar-refractivity contribution is 6.30. The van der Waals surface area contributed by atoms with Crippen molar-refractivity contribution >= 4 is 11.6 Å². The van der Waals surface area contributed by atoms with Crippen LogP contribution in [0.25, 0.3) is 0 Å². The number of fused-ring (bicyclic) bond motifs is 3. The average Bonchev–Trinajstić information content (AvgIpc) is 3.15. The molecule has 1 saturated carbocycles. The van der Waals surface area contributed by atoms with Crippen LogP contribution in [0.15, 0.2) is 66.9 Å². The van der Waals surface area contributed by atoms with E-state index in [1.165, 1.54) is 30.5 Å². The summed E-state index contributed by atoms with van der Waals surface area (Å²) in [5.41, 5.74) is -0.880. The van der Waals surface area contributed by atoms with Crippen molar-refractivity contribution in [1.82, 2.24) is 4.98 Å². The number of hydrogen-bond acceptors (Lipinski definition) is 4. The van der Waals surface area contributed by atoms with E-state index in [0.717, 1.165) is 5.56 Å². The molecular weight excluding hydrogens is 431 g/mol. The van der Waals surface area contributed by atoms with Crippen molar-refractivity contribution in [2.24, 2.45) is 0 Å². The number of nitrogens with zero attached hydrogens (tertiary/aromatic N) is 1. The van der Waals surface area contributed by atoms with E-state index in [4.69, 9.17) is 16.3 Å². The second-order valence-corrected chi connectivity index (χ2v) is 8.21. The van der Waals surface area contributed by atoms with Crippen LogP contribution in [-0.2, 0) is 11.2 Å². The number of aliphatic hydroxyl groups is 1. The molecule has 0 amide bonds. The second-order valence-electron chi connectivity index (χ2n) is 7.77. The summed E-state index contributed by atoms with van der Waals surface area (Å²) in [5.74, 6) is -0.241. The molecule has 0 radical (unpaired) electrons. The van der Waals surface area contributed by atoms with Gasteiger partial charge in [-0.25, -0.2) is 0 Å². The molecule has 2 aromatic carbocycles. The summed E-state index contributed by atoms with van der Waals surface area (Å²) in [5, 5.41) is 12.3. The Bertz CT molecular complexity index is 1120. The van der Waals surface area contributed by atoms with Crippen molar-refractivity contribution in [2.75, 3.05) is 0 Å². The predicted octanol–water partition coefficient (Wildman–Crippen LogP) is 5.69. The Morgan fingerprint density at radius 1 is 1.10 bits per heavy atom. The summed E-state index contributed by atoms with van der Waals surface area (Å²) in [6, 6.07) is 16.7. The van der Waals surface area contributed by atoms with Crippen molar-refractivity contribution in [2.45, 2.75) is 36.3 Å². The van der Waals surface area contributed by atoms with Crippen LogP contribution in [0.2, 0.25) is 5.02 Å². The minimum Gasteiger partial charge on any atom is -0.476 e. The molecule has 160 valence electrons.